The van der Waals surface area contributed by atoms with Crippen LogP contribution in [0.4, 0.5) is 10.1 Å². The number of anilines is 1. The Morgan fingerprint density at radius 3 is 2.59 bits per heavy atom. The lowest BCUT2D eigenvalue weighted by Gasteiger charge is -2.39. The summed E-state index contributed by atoms with van der Waals surface area (Å²) in [5, 5.41) is 19.9. The molecule has 160 valence electrons. The molecule has 2 aromatic carbocycles. The van der Waals surface area contributed by atoms with Gasteiger partial charge in [-0.15, -0.1) is 0 Å². The maximum absolute atomic E-state index is 13.7. The number of hydrogen-bond donors (Lipinski definition) is 2. The van der Waals surface area contributed by atoms with E-state index in [1.165, 1.54) is 12.1 Å². The third-order valence-corrected chi connectivity index (χ3v) is 6.41. The fourth-order valence-corrected chi connectivity index (χ4v) is 5.07. The largest absolute Gasteiger partial charge is 0.444 e. The number of benzene rings is 2. The highest BCUT2D eigenvalue weighted by atomic mass is 19.1. The highest BCUT2D eigenvalue weighted by Gasteiger charge is 2.62. The second-order valence-electron chi connectivity index (χ2n) is 7.97. The van der Waals surface area contributed by atoms with Crippen LogP contribution in [0.15, 0.2) is 71.3 Å². The number of halogens is 1. The van der Waals surface area contributed by atoms with Crippen molar-refractivity contribution in [3.05, 3.63) is 88.3 Å². The lowest BCUT2D eigenvalue weighted by Crippen LogP contribution is -2.49. The molecular weight excluding hydrogens is 413 g/mol. The van der Waals surface area contributed by atoms with Crippen molar-refractivity contribution < 1.29 is 23.8 Å². The molecule has 3 aliphatic rings. The smallest absolute Gasteiger partial charge is 0.249 e. The lowest BCUT2D eigenvalue weighted by atomic mass is 9.63. The van der Waals surface area contributed by atoms with Gasteiger partial charge in [0.05, 0.1) is 11.3 Å². The summed E-state index contributed by atoms with van der Waals surface area (Å²) in [5.41, 5.74) is 5.82. The summed E-state index contributed by atoms with van der Waals surface area (Å²) < 4.78 is 19.1. The van der Waals surface area contributed by atoms with Crippen molar-refractivity contribution in [1.82, 2.24) is 0 Å². The molecule has 2 aromatic rings. The molecule has 2 heterocycles. The van der Waals surface area contributed by atoms with Crippen molar-refractivity contribution in [2.75, 3.05) is 11.6 Å². The third kappa shape index (κ3) is 2.49. The Bertz CT molecular complexity index is 1270. The number of aliphatic hydroxyl groups excluding tert-OH is 1. The minimum Gasteiger partial charge on any atom is -0.444 e. The van der Waals surface area contributed by atoms with Crippen LogP contribution < -0.4 is 10.6 Å². The number of amides is 1. The molecule has 0 saturated carbocycles. The number of aliphatic hydroxyl groups is 1. The Labute approximate surface area is 182 Å². The third-order valence-electron chi connectivity index (χ3n) is 6.41. The molecule has 0 fully saturated rings. The van der Waals surface area contributed by atoms with Crippen molar-refractivity contribution in [2.24, 2.45) is 5.73 Å². The van der Waals surface area contributed by atoms with E-state index in [0.29, 0.717) is 11.3 Å². The molecule has 1 spiro atoms. The summed E-state index contributed by atoms with van der Waals surface area (Å²) >= 11 is 0. The number of Topliss-reactive ketones (excluding diaryl/α,β-unsaturated/α-hetero) is 1. The minimum atomic E-state index is -1.77. The molecule has 0 bridgehead atoms. The first-order valence-electron chi connectivity index (χ1n) is 10.1. The van der Waals surface area contributed by atoms with Crippen molar-refractivity contribution in [3.8, 4) is 6.07 Å². The molecule has 2 atom stereocenters. The maximum Gasteiger partial charge on any atom is 0.249 e. The molecule has 2 aliphatic heterocycles. The van der Waals surface area contributed by atoms with Crippen LogP contribution in [-0.4, -0.2) is 23.5 Å². The number of ether oxygens (including phenoxy) is 1. The number of ketones is 1. The van der Waals surface area contributed by atoms with Gasteiger partial charge in [-0.3, -0.25) is 14.5 Å². The summed E-state index contributed by atoms with van der Waals surface area (Å²) in [6.07, 6.45) is 0.311. The summed E-state index contributed by atoms with van der Waals surface area (Å²) in [5.74, 6) is -1.69. The summed E-state index contributed by atoms with van der Waals surface area (Å²) in [7, 11) is 0. The van der Waals surface area contributed by atoms with E-state index in [-0.39, 0.29) is 53.1 Å². The van der Waals surface area contributed by atoms with Gasteiger partial charge in [0.15, 0.2) is 5.78 Å². The molecule has 3 N–H and O–H groups in total. The number of nitrogens with two attached hydrogens (primary N) is 1. The minimum absolute atomic E-state index is 0.0583. The van der Waals surface area contributed by atoms with E-state index in [1.807, 2.05) is 6.07 Å². The van der Waals surface area contributed by atoms with Crippen molar-refractivity contribution in [3.63, 3.8) is 0 Å². The number of allylic oxidation sites excluding steroid dienone is 1. The number of rotatable bonds is 2. The summed E-state index contributed by atoms with van der Waals surface area (Å²) in [6.45, 7) is -0.619. The molecule has 0 unspecified atom stereocenters. The molecule has 32 heavy (non-hydrogen) atoms. The van der Waals surface area contributed by atoms with E-state index in [4.69, 9.17) is 10.5 Å². The Kier molecular flexibility index (Phi) is 4.39. The highest BCUT2D eigenvalue weighted by molar-refractivity contribution is 6.20. The van der Waals surface area contributed by atoms with Gasteiger partial charge in [-0.05, 0) is 29.7 Å². The second kappa shape index (κ2) is 7.04. The van der Waals surface area contributed by atoms with Gasteiger partial charge in [0.25, 0.3) is 0 Å². The Balaban J connectivity index is 1.73. The quantitative estimate of drug-likeness (QED) is 0.755. The number of nitriles is 1. The van der Waals surface area contributed by atoms with Gasteiger partial charge in [0.2, 0.25) is 11.8 Å². The fourth-order valence-electron chi connectivity index (χ4n) is 5.07. The number of fused-ring (bicyclic) bond motifs is 3. The van der Waals surface area contributed by atoms with Gasteiger partial charge in [-0.2, -0.15) is 5.26 Å². The van der Waals surface area contributed by atoms with Gasteiger partial charge in [0, 0.05) is 18.4 Å². The first-order chi connectivity index (χ1) is 15.4. The molecule has 0 aromatic heterocycles. The van der Waals surface area contributed by atoms with Crippen LogP contribution in [0.25, 0.3) is 0 Å². The van der Waals surface area contributed by atoms with Crippen molar-refractivity contribution in [2.45, 2.75) is 24.2 Å². The summed E-state index contributed by atoms with van der Waals surface area (Å²) in [6, 6.07) is 14.6. The Morgan fingerprint density at radius 1 is 1.19 bits per heavy atom. The van der Waals surface area contributed by atoms with Crippen LogP contribution in [0.5, 0.6) is 0 Å². The molecule has 1 amide bonds. The number of nitrogens with zero attached hydrogens (tertiary/aromatic N) is 2. The molecule has 0 radical (unpaired) electrons. The molecule has 7 nitrogen and oxygen atoms in total. The van der Waals surface area contributed by atoms with Crippen LogP contribution in [-0.2, 0) is 19.7 Å². The SMILES string of the molecule is N#CC1=C(N)OC2=C(C(=O)C[C@@H](c3ccc(F)cc3)C2)[C@]12C(=O)N(CO)c1ccccc12. The molecular formula is C24H18FN3O4. The van der Waals surface area contributed by atoms with E-state index in [9.17, 15) is 24.3 Å². The zero-order chi connectivity index (χ0) is 22.6. The summed E-state index contributed by atoms with van der Waals surface area (Å²) in [4.78, 5) is 28.4. The van der Waals surface area contributed by atoms with Crippen LogP contribution in [0.2, 0.25) is 0 Å². The first-order valence-corrected chi connectivity index (χ1v) is 10.1. The van der Waals surface area contributed by atoms with E-state index in [0.717, 1.165) is 10.5 Å². The number of para-hydroxylation sites is 1. The van der Waals surface area contributed by atoms with E-state index < -0.39 is 18.1 Å². The monoisotopic (exact) mass is 431 g/mol. The van der Waals surface area contributed by atoms with Crippen molar-refractivity contribution >= 4 is 17.4 Å². The van der Waals surface area contributed by atoms with Gasteiger partial charge in [-0.1, -0.05) is 30.3 Å². The molecule has 0 saturated heterocycles. The standard InChI is InChI=1S/C24H18FN3O4/c25-15-7-5-13(6-8-15)14-9-19(30)21-20(10-14)32-22(27)17(11-26)24(21)16-3-1-2-4-18(16)28(12-29)23(24)31/h1-8,14,29H,9-10,12,27H2/t14-,24-/m1/s1. The normalized spacial score (nSPS) is 24.4. The Hall–Kier alpha value is -3.96. The number of carbonyl (C=O) groups excluding carboxylic acids is 2. The number of carbonyl (C=O) groups is 2. The Morgan fingerprint density at radius 2 is 1.91 bits per heavy atom. The maximum atomic E-state index is 13.7. The predicted octanol–water partition coefficient (Wildman–Crippen LogP) is 2.48. The first kappa shape index (κ1) is 20.0. The zero-order valence-electron chi connectivity index (χ0n) is 16.8. The van der Waals surface area contributed by atoms with Crippen LogP contribution >= 0.6 is 0 Å². The number of hydrogen-bond acceptors (Lipinski definition) is 6. The van der Waals surface area contributed by atoms with Gasteiger partial charge < -0.3 is 15.6 Å². The predicted molar refractivity (Wildman–Crippen MR) is 111 cm³/mol. The topological polar surface area (TPSA) is 117 Å². The van der Waals surface area contributed by atoms with E-state index >= 15 is 0 Å². The van der Waals surface area contributed by atoms with Crippen LogP contribution in [0.3, 0.4) is 0 Å². The molecule has 5 rings (SSSR count). The lowest BCUT2D eigenvalue weighted by molar-refractivity contribution is -0.125. The van der Waals surface area contributed by atoms with Gasteiger partial charge in [0.1, 0.15) is 35.4 Å². The second-order valence-corrected chi connectivity index (χ2v) is 7.97. The van der Waals surface area contributed by atoms with Gasteiger partial charge in [-0.25, -0.2) is 4.39 Å². The van der Waals surface area contributed by atoms with Gasteiger partial charge >= 0.3 is 0 Å². The molecule has 1 aliphatic carbocycles. The average molecular weight is 431 g/mol. The van der Waals surface area contributed by atoms with E-state index in [2.05, 4.69) is 0 Å². The highest BCUT2D eigenvalue weighted by Crippen LogP contribution is 2.56. The van der Waals surface area contributed by atoms with Crippen molar-refractivity contribution in [1.29, 1.82) is 5.26 Å². The van der Waals surface area contributed by atoms with Crippen LogP contribution in [0, 0.1) is 17.1 Å². The van der Waals surface area contributed by atoms with Crippen LogP contribution in [0.1, 0.15) is 29.9 Å². The zero-order valence-corrected chi connectivity index (χ0v) is 16.8. The average Bonchev–Trinajstić information content (AvgIpc) is 3.02. The fraction of sp³-hybridized carbons (Fsp3) is 0.208. The van der Waals surface area contributed by atoms with E-state index in [1.54, 1.807) is 36.4 Å². The molecule has 8 heteroatoms.